The van der Waals surface area contributed by atoms with Gasteiger partial charge in [-0.25, -0.2) is 9.97 Å². The normalized spacial score (nSPS) is 10.8. The first-order valence-electron chi connectivity index (χ1n) is 5.28. The lowest BCUT2D eigenvalue weighted by molar-refractivity contribution is 0.457. The fraction of sp³-hybridized carbons (Fsp3) is 0.0769. The molecule has 0 bridgehead atoms. The number of ether oxygens (including phenoxy) is 1. The molecule has 0 amide bonds. The van der Waals surface area contributed by atoms with Crippen LogP contribution in [-0.4, -0.2) is 9.97 Å². The van der Waals surface area contributed by atoms with Crippen molar-refractivity contribution in [1.82, 2.24) is 9.97 Å². The Labute approximate surface area is 119 Å². The fourth-order valence-electron chi connectivity index (χ4n) is 1.40. The zero-order valence-electron chi connectivity index (χ0n) is 9.60. The molecule has 1 aromatic carbocycles. The molecule has 1 aromatic heterocycles. The van der Waals surface area contributed by atoms with Crippen LogP contribution in [0, 0.1) is 0 Å². The largest absolute Gasteiger partial charge is 0.437 e. The van der Waals surface area contributed by atoms with Crippen molar-refractivity contribution in [1.29, 1.82) is 0 Å². The molecule has 0 radical (unpaired) electrons. The fourth-order valence-corrected chi connectivity index (χ4v) is 1.81. The topological polar surface area (TPSA) is 35.0 Å². The van der Waals surface area contributed by atoms with Crippen LogP contribution >= 0.6 is 27.5 Å². The summed E-state index contributed by atoms with van der Waals surface area (Å²) in [6.45, 7) is 1.95. The number of hydrogen-bond acceptors (Lipinski definition) is 3. The zero-order chi connectivity index (χ0) is 13.0. The summed E-state index contributed by atoms with van der Waals surface area (Å²) in [7, 11) is 0. The van der Waals surface area contributed by atoms with E-state index in [0.29, 0.717) is 21.3 Å². The molecule has 0 aliphatic carbocycles. The molecule has 0 saturated carbocycles. The smallest absolute Gasteiger partial charge is 0.238 e. The molecule has 2 rings (SSSR count). The van der Waals surface area contributed by atoms with Crippen LogP contribution < -0.4 is 4.74 Å². The van der Waals surface area contributed by atoms with E-state index in [9.17, 15) is 0 Å². The van der Waals surface area contributed by atoms with E-state index in [2.05, 4.69) is 25.9 Å². The second-order valence-electron chi connectivity index (χ2n) is 3.42. The maximum Gasteiger partial charge on any atom is 0.238 e. The highest BCUT2D eigenvalue weighted by molar-refractivity contribution is 9.10. The Balaban J connectivity index is 2.37. The molecule has 0 unspecified atom stereocenters. The van der Waals surface area contributed by atoms with Gasteiger partial charge >= 0.3 is 0 Å². The zero-order valence-corrected chi connectivity index (χ0v) is 11.9. The molecule has 0 aliphatic rings. The maximum atomic E-state index is 5.89. The third-order valence-corrected chi connectivity index (χ3v) is 3.42. The van der Waals surface area contributed by atoms with Gasteiger partial charge in [-0.15, -0.1) is 0 Å². The predicted octanol–water partition coefficient (Wildman–Crippen LogP) is 4.72. The molecule has 5 heteroatoms. The lowest BCUT2D eigenvalue weighted by Gasteiger charge is -2.09. The number of aromatic nitrogens is 2. The second-order valence-corrected chi connectivity index (χ2v) is 4.57. The monoisotopic (exact) mass is 324 g/mol. The molecule has 3 nitrogen and oxygen atoms in total. The van der Waals surface area contributed by atoms with Crippen molar-refractivity contribution in [2.24, 2.45) is 0 Å². The first kappa shape index (κ1) is 13.1. The molecule has 18 heavy (non-hydrogen) atoms. The van der Waals surface area contributed by atoms with Crippen LogP contribution in [0.15, 0.2) is 41.1 Å². The van der Waals surface area contributed by atoms with Gasteiger partial charge in [0, 0.05) is 5.56 Å². The Hall–Kier alpha value is -1.39. The minimum Gasteiger partial charge on any atom is -0.437 e. The summed E-state index contributed by atoms with van der Waals surface area (Å²) in [6, 6.07) is 7.69. The van der Waals surface area contributed by atoms with E-state index in [1.54, 1.807) is 0 Å². The van der Waals surface area contributed by atoms with Gasteiger partial charge in [0.1, 0.15) is 16.5 Å². The SMILES string of the molecule is C/C=C/c1ccccc1Oc1ncnc(Cl)c1Br. The summed E-state index contributed by atoms with van der Waals surface area (Å²) < 4.78 is 6.28. The summed E-state index contributed by atoms with van der Waals surface area (Å²) in [5.41, 5.74) is 0.974. The molecule has 0 spiro atoms. The van der Waals surface area contributed by atoms with Crippen LogP contribution in [0.25, 0.3) is 6.08 Å². The lowest BCUT2D eigenvalue weighted by Crippen LogP contribution is -1.93. The van der Waals surface area contributed by atoms with Crippen molar-refractivity contribution >= 4 is 33.6 Å². The quantitative estimate of drug-likeness (QED) is 0.766. The number of para-hydroxylation sites is 1. The number of allylic oxidation sites excluding steroid dienone is 1. The summed E-state index contributed by atoms with van der Waals surface area (Å²) in [6.07, 6.45) is 5.27. The summed E-state index contributed by atoms with van der Waals surface area (Å²) >= 11 is 9.19. The minimum absolute atomic E-state index is 0.323. The van der Waals surface area contributed by atoms with Crippen LogP contribution in [0.2, 0.25) is 5.15 Å². The van der Waals surface area contributed by atoms with Crippen molar-refractivity contribution in [3.05, 3.63) is 51.9 Å². The second kappa shape index (κ2) is 5.98. The average molecular weight is 326 g/mol. The molecular formula is C13H10BrClN2O. The Morgan fingerprint density at radius 3 is 2.83 bits per heavy atom. The van der Waals surface area contributed by atoms with Crippen LogP contribution in [-0.2, 0) is 0 Å². The van der Waals surface area contributed by atoms with E-state index in [0.717, 1.165) is 5.56 Å². The molecule has 0 N–H and O–H groups in total. The number of benzene rings is 1. The van der Waals surface area contributed by atoms with Gasteiger partial charge in [0.25, 0.3) is 0 Å². The van der Waals surface area contributed by atoms with E-state index in [-0.39, 0.29) is 0 Å². The van der Waals surface area contributed by atoms with E-state index in [4.69, 9.17) is 16.3 Å². The van der Waals surface area contributed by atoms with Gasteiger partial charge < -0.3 is 4.74 Å². The Kier molecular flexibility index (Phi) is 4.33. The maximum absolute atomic E-state index is 5.89. The van der Waals surface area contributed by atoms with Gasteiger partial charge in [-0.1, -0.05) is 42.0 Å². The molecule has 1 heterocycles. The molecule has 92 valence electrons. The van der Waals surface area contributed by atoms with Crippen LogP contribution in [0.3, 0.4) is 0 Å². The summed E-state index contributed by atoms with van der Waals surface area (Å²) in [4.78, 5) is 7.90. The van der Waals surface area contributed by atoms with E-state index < -0.39 is 0 Å². The summed E-state index contributed by atoms with van der Waals surface area (Å²) in [5, 5.41) is 0.323. The van der Waals surface area contributed by atoms with Crippen molar-refractivity contribution in [2.45, 2.75) is 6.92 Å². The van der Waals surface area contributed by atoms with Gasteiger partial charge in [0.15, 0.2) is 5.15 Å². The van der Waals surface area contributed by atoms with E-state index in [1.165, 1.54) is 6.33 Å². The molecule has 0 fully saturated rings. The highest BCUT2D eigenvalue weighted by atomic mass is 79.9. The lowest BCUT2D eigenvalue weighted by atomic mass is 10.2. The van der Waals surface area contributed by atoms with Crippen LogP contribution in [0.5, 0.6) is 11.6 Å². The van der Waals surface area contributed by atoms with Crippen molar-refractivity contribution in [3.8, 4) is 11.6 Å². The van der Waals surface area contributed by atoms with Crippen LogP contribution in [0.1, 0.15) is 12.5 Å². The van der Waals surface area contributed by atoms with Gasteiger partial charge in [-0.05, 0) is 28.9 Å². The Bertz CT molecular complexity index is 587. The molecule has 0 aliphatic heterocycles. The molecule has 0 saturated heterocycles. The van der Waals surface area contributed by atoms with E-state index >= 15 is 0 Å². The molecule has 2 aromatic rings. The standard InChI is InChI=1S/C13H10BrClN2O/c1-2-5-9-6-3-4-7-10(9)18-13-11(14)12(15)16-8-17-13/h2-8H,1H3/b5-2+. The van der Waals surface area contributed by atoms with Crippen molar-refractivity contribution in [2.75, 3.05) is 0 Å². The first-order chi connectivity index (χ1) is 8.72. The first-order valence-corrected chi connectivity index (χ1v) is 6.45. The van der Waals surface area contributed by atoms with Crippen molar-refractivity contribution in [3.63, 3.8) is 0 Å². The Morgan fingerprint density at radius 2 is 2.06 bits per heavy atom. The Morgan fingerprint density at radius 1 is 1.28 bits per heavy atom. The highest BCUT2D eigenvalue weighted by Gasteiger charge is 2.10. The van der Waals surface area contributed by atoms with Gasteiger partial charge in [-0.3, -0.25) is 0 Å². The summed E-state index contributed by atoms with van der Waals surface area (Å²) in [5.74, 6) is 1.11. The number of hydrogen-bond donors (Lipinski definition) is 0. The van der Waals surface area contributed by atoms with Crippen LogP contribution in [0.4, 0.5) is 0 Å². The highest BCUT2D eigenvalue weighted by Crippen LogP contribution is 2.33. The van der Waals surface area contributed by atoms with E-state index in [1.807, 2.05) is 43.3 Å². The molecule has 0 atom stereocenters. The third kappa shape index (κ3) is 2.89. The molecular weight excluding hydrogens is 316 g/mol. The third-order valence-electron chi connectivity index (χ3n) is 2.19. The van der Waals surface area contributed by atoms with Gasteiger partial charge in [0.05, 0.1) is 0 Å². The minimum atomic E-state index is 0.323. The van der Waals surface area contributed by atoms with Gasteiger partial charge in [-0.2, -0.15) is 0 Å². The number of halogens is 2. The number of rotatable bonds is 3. The average Bonchev–Trinajstić information content (AvgIpc) is 2.37. The predicted molar refractivity (Wildman–Crippen MR) is 76.0 cm³/mol. The number of nitrogens with zero attached hydrogens (tertiary/aromatic N) is 2. The van der Waals surface area contributed by atoms with Crippen molar-refractivity contribution < 1.29 is 4.74 Å². The van der Waals surface area contributed by atoms with Gasteiger partial charge in [0.2, 0.25) is 5.88 Å².